The molecule has 0 nitrogen and oxygen atoms in total. The van der Waals surface area contributed by atoms with Crippen LogP contribution in [-0.4, -0.2) is 0 Å². The second-order valence-corrected chi connectivity index (χ2v) is 2.52. The van der Waals surface area contributed by atoms with Crippen molar-refractivity contribution in [2.45, 2.75) is 45.9 Å². The van der Waals surface area contributed by atoms with Crippen LogP contribution >= 0.6 is 0 Å². The maximum atomic E-state index is 7.59. The highest BCUT2D eigenvalue weighted by Crippen LogP contribution is 2.15. The summed E-state index contributed by atoms with van der Waals surface area (Å²) in [5, 5.41) is 0. The quantitative estimate of drug-likeness (QED) is 0.499. The van der Waals surface area contributed by atoms with Crippen molar-refractivity contribution in [1.82, 2.24) is 0 Å². The highest BCUT2D eigenvalue weighted by molar-refractivity contribution is 4.67. The summed E-state index contributed by atoms with van der Waals surface area (Å²) in [5.41, 5.74) is 0. The summed E-state index contributed by atoms with van der Waals surface area (Å²) in [4.78, 5) is 0. The van der Waals surface area contributed by atoms with E-state index >= 15 is 0 Å². The zero-order valence-corrected chi connectivity index (χ0v) is 6.91. The van der Waals surface area contributed by atoms with Gasteiger partial charge in [0.15, 0.2) is 0 Å². The molecule has 0 N–H and O–H groups in total. The lowest BCUT2D eigenvalue weighted by Gasteiger charge is -2.09. The van der Waals surface area contributed by atoms with Gasteiger partial charge in [-0.2, -0.15) is 0 Å². The zero-order chi connectivity index (χ0) is 12.1. The Morgan fingerprint density at radius 1 is 1.70 bits per heavy atom. The lowest BCUT2D eigenvalue weighted by atomic mass is 9.97. The first kappa shape index (κ1) is 3.94. The summed E-state index contributed by atoms with van der Waals surface area (Å²) in [5.74, 6) is 0.479. The van der Waals surface area contributed by atoms with Gasteiger partial charge in [0, 0.05) is 2.74 Å². The lowest BCUT2D eigenvalue weighted by Crippen LogP contribution is -1.95. The lowest BCUT2D eigenvalue weighted by molar-refractivity contribution is 0.443. The minimum absolute atomic E-state index is 0.236. The fourth-order valence-electron chi connectivity index (χ4n) is 1.04. The Balaban J connectivity index is 4.33. The van der Waals surface area contributed by atoms with Gasteiger partial charge < -0.3 is 0 Å². The van der Waals surface area contributed by atoms with E-state index in [1.165, 1.54) is 0 Å². The highest BCUT2D eigenvalue weighted by Gasteiger charge is 2.00. The van der Waals surface area contributed by atoms with E-state index in [2.05, 4.69) is 13.8 Å². The van der Waals surface area contributed by atoms with E-state index in [0.29, 0.717) is 5.92 Å². The molecule has 0 fully saturated rings. The largest absolute Gasteiger partial charge is 0.103 e. The van der Waals surface area contributed by atoms with Gasteiger partial charge in [-0.05, 0) is 18.7 Å². The molecule has 0 radical (unpaired) electrons. The molecule has 0 aromatic carbocycles. The predicted octanol–water partition coefficient (Wildman–Crippen LogP) is 3.78. The number of hydrogen-bond acceptors (Lipinski definition) is 0. The molecule has 0 unspecified atom stereocenters. The van der Waals surface area contributed by atoms with Crippen LogP contribution in [0.15, 0.2) is 12.6 Å². The van der Waals surface area contributed by atoms with Crippen molar-refractivity contribution in [3.8, 4) is 0 Å². The van der Waals surface area contributed by atoms with Gasteiger partial charge in [0.25, 0.3) is 0 Å². The molecular weight excluding hydrogens is 120 g/mol. The Kier molecular flexibility index (Phi) is 2.70. The fraction of sp³-hybridized carbons (Fsp3) is 0.800. The van der Waals surface area contributed by atoms with E-state index < -0.39 is 19.0 Å². The topological polar surface area (TPSA) is 0 Å². The smallest absolute Gasteiger partial charge is 0.0570 e. The molecule has 0 rings (SSSR count). The Morgan fingerprint density at radius 2 is 2.40 bits per heavy atom. The second kappa shape index (κ2) is 6.85. The molecule has 60 valence electrons. The molecule has 0 aliphatic heterocycles. The number of allylic oxidation sites excluding steroid dienone is 1. The highest BCUT2D eigenvalue weighted by atomic mass is 14.1. The van der Waals surface area contributed by atoms with Gasteiger partial charge in [-0.1, -0.05) is 39.2 Å². The van der Waals surface area contributed by atoms with Gasteiger partial charge in [0.2, 0.25) is 0 Å². The minimum Gasteiger partial charge on any atom is -0.103 e. The Bertz CT molecular complexity index is 214. The molecule has 0 atom stereocenters. The van der Waals surface area contributed by atoms with Crippen LogP contribution in [0, 0.1) is 5.92 Å². The Labute approximate surface area is 72.4 Å². The first-order valence-corrected chi connectivity index (χ1v) is 3.99. The molecule has 0 bridgehead atoms. The standard InChI is InChI=1S/C10H20/c1-4-7-8-9-10(5-2)6-3/h4,10H,1,5-9H2,2-3H3/i1D2,4D,7D2. The van der Waals surface area contributed by atoms with Gasteiger partial charge in [0.05, 0.1) is 4.11 Å². The SMILES string of the molecule is [2H]C([2H])=C([2H])C([2H])([2H])CCC(CC)CC. The monoisotopic (exact) mass is 145 g/mol. The molecule has 0 heteroatoms. The Morgan fingerprint density at radius 3 is 2.90 bits per heavy atom. The van der Waals surface area contributed by atoms with Gasteiger partial charge in [-0.3, -0.25) is 0 Å². The van der Waals surface area contributed by atoms with Crippen molar-refractivity contribution in [2.75, 3.05) is 0 Å². The molecular formula is C10H20. The van der Waals surface area contributed by atoms with Crippen molar-refractivity contribution in [2.24, 2.45) is 5.92 Å². The average molecular weight is 145 g/mol. The predicted molar refractivity (Wildman–Crippen MR) is 48.1 cm³/mol. The van der Waals surface area contributed by atoms with Crippen LogP contribution in [0.25, 0.3) is 0 Å². The van der Waals surface area contributed by atoms with E-state index in [4.69, 9.17) is 6.85 Å². The van der Waals surface area contributed by atoms with E-state index in [0.717, 1.165) is 19.3 Å². The fourth-order valence-corrected chi connectivity index (χ4v) is 1.04. The Hall–Kier alpha value is -0.260. The molecule has 0 aliphatic carbocycles. The van der Waals surface area contributed by atoms with Crippen molar-refractivity contribution in [3.63, 3.8) is 0 Å². The van der Waals surface area contributed by atoms with Crippen LogP contribution in [0.1, 0.15) is 52.8 Å². The maximum absolute atomic E-state index is 7.59. The van der Waals surface area contributed by atoms with Crippen LogP contribution < -0.4 is 0 Å². The molecule has 0 saturated heterocycles. The van der Waals surface area contributed by atoms with Gasteiger partial charge in [0.1, 0.15) is 0 Å². The summed E-state index contributed by atoms with van der Waals surface area (Å²) < 4.78 is 36.4. The zero-order valence-electron chi connectivity index (χ0n) is 11.9. The van der Waals surface area contributed by atoms with Crippen molar-refractivity contribution < 1.29 is 6.85 Å². The van der Waals surface area contributed by atoms with E-state index in [1.54, 1.807) is 0 Å². The van der Waals surface area contributed by atoms with Crippen LogP contribution in [0.2, 0.25) is 0 Å². The summed E-state index contributed by atoms with van der Waals surface area (Å²) in [6, 6.07) is -0.506. The van der Waals surface area contributed by atoms with Gasteiger partial charge in [-0.25, -0.2) is 0 Å². The molecule has 0 amide bonds. The van der Waals surface area contributed by atoms with Gasteiger partial charge in [-0.15, -0.1) is 6.53 Å². The first-order chi connectivity index (χ1) is 6.85. The number of rotatable bonds is 6. The van der Waals surface area contributed by atoms with E-state index in [9.17, 15) is 0 Å². The number of hydrogen-bond donors (Lipinski definition) is 0. The molecule has 0 aliphatic rings. The van der Waals surface area contributed by atoms with Crippen LogP contribution in [0.3, 0.4) is 0 Å². The molecule has 0 saturated carbocycles. The minimum atomic E-state index is -1.82. The molecule has 0 aromatic heterocycles. The van der Waals surface area contributed by atoms with Crippen molar-refractivity contribution in [3.05, 3.63) is 12.6 Å². The van der Waals surface area contributed by atoms with Crippen molar-refractivity contribution in [1.29, 1.82) is 0 Å². The van der Waals surface area contributed by atoms with Crippen molar-refractivity contribution >= 4 is 0 Å². The third kappa shape index (κ3) is 4.60. The molecule has 0 aromatic rings. The first-order valence-electron chi connectivity index (χ1n) is 6.49. The average Bonchev–Trinajstić information content (AvgIpc) is 2.18. The molecule has 0 heterocycles. The van der Waals surface area contributed by atoms with Gasteiger partial charge >= 0.3 is 0 Å². The summed E-state index contributed by atoms with van der Waals surface area (Å²) in [6.07, 6.45) is 1.16. The molecule has 0 spiro atoms. The normalized spacial score (nSPS) is 18.5. The third-order valence-corrected chi connectivity index (χ3v) is 1.92. The summed E-state index contributed by atoms with van der Waals surface area (Å²) >= 11 is 0. The second-order valence-electron chi connectivity index (χ2n) is 2.52. The maximum Gasteiger partial charge on any atom is 0.0570 e. The van der Waals surface area contributed by atoms with E-state index in [1.807, 2.05) is 0 Å². The summed E-state index contributed by atoms with van der Waals surface area (Å²) in [7, 11) is 0. The van der Waals surface area contributed by atoms with Crippen LogP contribution in [-0.2, 0) is 0 Å². The molecule has 10 heavy (non-hydrogen) atoms. The van der Waals surface area contributed by atoms with Crippen LogP contribution in [0.4, 0.5) is 0 Å². The van der Waals surface area contributed by atoms with Crippen LogP contribution in [0.5, 0.6) is 0 Å². The van der Waals surface area contributed by atoms with E-state index in [-0.39, 0.29) is 6.42 Å². The third-order valence-electron chi connectivity index (χ3n) is 1.92. The summed E-state index contributed by atoms with van der Waals surface area (Å²) in [6.45, 7) is 3.42.